The van der Waals surface area contributed by atoms with Crippen molar-refractivity contribution in [1.82, 2.24) is 15.0 Å². The zero-order valence-corrected chi connectivity index (χ0v) is 12.1. The lowest BCUT2D eigenvalue weighted by molar-refractivity contribution is 0.589. The molecular formula is C17H16N4O. The second-order valence-electron chi connectivity index (χ2n) is 5.36. The van der Waals surface area contributed by atoms with E-state index in [2.05, 4.69) is 19.9 Å². The molecule has 0 atom stereocenters. The zero-order valence-electron chi connectivity index (χ0n) is 12.1. The molecule has 0 radical (unpaired) electrons. The first-order valence-electron chi connectivity index (χ1n) is 7.49. The van der Waals surface area contributed by atoms with E-state index in [1.54, 1.807) is 0 Å². The van der Waals surface area contributed by atoms with Gasteiger partial charge in [0.15, 0.2) is 5.58 Å². The molecule has 0 amide bonds. The number of fused-ring (bicyclic) bond motifs is 1. The van der Waals surface area contributed by atoms with Crippen molar-refractivity contribution < 1.29 is 4.42 Å². The van der Waals surface area contributed by atoms with Crippen molar-refractivity contribution in [3.8, 4) is 0 Å². The maximum Gasteiger partial charge on any atom is 0.225 e. The Morgan fingerprint density at radius 1 is 1.00 bits per heavy atom. The predicted molar refractivity (Wildman–Crippen MR) is 86.4 cm³/mol. The number of hydrogen-bond donors (Lipinski definition) is 0. The Morgan fingerprint density at radius 2 is 1.77 bits per heavy atom. The van der Waals surface area contributed by atoms with Crippen molar-refractivity contribution in [1.29, 1.82) is 0 Å². The standard InChI is InChI=1S/C17H16N4O/c1-2-6-15-14(5-1)20-16(22-15)8-7-13-11-18-17(19-12-13)21-9-3-4-10-21/h1-2,5-8,11-12H,3-4,9-10H2/b8-7+. The van der Waals surface area contributed by atoms with Crippen molar-refractivity contribution in [3.63, 3.8) is 0 Å². The molecule has 3 heterocycles. The van der Waals surface area contributed by atoms with E-state index in [0.717, 1.165) is 35.7 Å². The van der Waals surface area contributed by atoms with Crippen LogP contribution < -0.4 is 4.90 Å². The van der Waals surface area contributed by atoms with E-state index >= 15 is 0 Å². The molecule has 1 fully saturated rings. The smallest absolute Gasteiger partial charge is 0.225 e. The molecule has 110 valence electrons. The van der Waals surface area contributed by atoms with Crippen molar-refractivity contribution in [2.75, 3.05) is 18.0 Å². The van der Waals surface area contributed by atoms with E-state index in [1.807, 2.05) is 48.8 Å². The number of rotatable bonds is 3. The summed E-state index contributed by atoms with van der Waals surface area (Å²) in [5.74, 6) is 1.40. The highest BCUT2D eigenvalue weighted by atomic mass is 16.3. The molecule has 5 heteroatoms. The molecule has 0 unspecified atom stereocenters. The minimum Gasteiger partial charge on any atom is -0.437 e. The molecule has 1 saturated heterocycles. The van der Waals surface area contributed by atoms with Crippen molar-refractivity contribution in [2.45, 2.75) is 12.8 Å². The van der Waals surface area contributed by atoms with Crippen LogP contribution in [-0.4, -0.2) is 28.0 Å². The first-order chi connectivity index (χ1) is 10.9. The molecule has 22 heavy (non-hydrogen) atoms. The fraction of sp³-hybridized carbons (Fsp3) is 0.235. The van der Waals surface area contributed by atoms with Gasteiger partial charge in [-0.15, -0.1) is 0 Å². The summed E-state index contributed by atoms with van der Waals surface area (Å²) in [6.45, 7) is 2.11. The van der Waals surface area contributed by atoms with Gasteiger partial charge >= 0.3 is 0 Å². The summed E-state index contributed by atoms with van der Waals surface area (Å²) >= 11 is 0. The zero-order chi connectivity index (χ0) is 14.8. The predicted octanol–water partition coefficient (Wildman–Crippen LogP) is 3.39. The lowest BCUT2D eigenvalue weighted by Crippen LogP contribution is -2.20. The Bertz CT molecular complexity index is 768. The van der Waals surface area contributed by atoms with Gasteiger partial charge in [-0.1, -0.05) is 12.1 Å². The molecular weight excluding hydrogens is 276 g/mol. The number of anilines is 1. The third-order valence-electron chi connectivity index (χ3n) is 3.78. The van der Waals surface area contributed by atoms with E-state index in [0.29, 0.717) is 5.89 Å². The van der Waals surface area contributed by atoms with Crippen LogP contribution in [0.5, 0.6) is 0 Å². The van der Waals surface area contributed by atoms with Gasteiger partial charge in [0.2, 0.25) is 11.8 Å². The average Bonchev–Trinajstić information content (AvgIpc) is 3.22. The van der Waals surface area contributed by atoms with Crippen LogP contribution in [0.4, 0.5) is 5.95 Å². The minimum absolute atomic E-state index is 0.588. The van der Waals surface area contributed by atoms with Gasteiger partial charge in [-0.05, 0) is 31.1 Å². The maximum atomic E-state index is 5.65. The van der Waals surface area contributed by atoms with Gasteiger partial charge in [0.25, 0.3) is 0 Å². The Labute approximate surface area is 128 Å². The van der Waals surface area contributed by atoms with Crippen LogP contribution in [-0.2, 0) is 0 Å². The van der Waals surface area contributed by atoms with E-state index in [-0.39, 0.29) is 0 Å². The Morgan fingerprint density at radius 3 is 2.55 bits per heavy atom. The van der Waals surface area contributed by atoms with Gasteiger partial charge < -0.3 is 9.32 Å². The third kappa shape index (κ3) is 2.57. The van der Waals surface area contributed by atoms with Crippen molar-refractivity contribution in [2.24, 2.45) is 0 Å². The van der Waals surface area contributed by atoms with E-state index in [9.17, 15) is 0 Å². The molecule has 1 aliphatic heterocycles. The highest BCUT2D eigenvalue weighted by Crippen LogP contribution is 2.18. The second kappa shape index (κ2) is 5.60. The molecule has 1 aliphatic rings. The number of para-hydroxylation sites is 2. The molecule has 0 N–H and O–H groups in total. The average molecular weight is 292 g/mol. The largest absolute Gasteiger partial charge is 0.437 e. The molecule has 3 aromatic rings. The highest BCUT2D eigenvalue weighted by Gasteiger charge is 2.14. The quantitative estimate of drug-likeness (QED) is 0.740. The topological polar surface area (TPSA) is 55.1 Å². The monoisotopic (exact) mass is 292 g/mol. The van der Waals surface area contributed by atoms with Crippen LogP contribution in [0, 0.1) is 0 Å². The van der Waals surface area contributed by atoms with Crippen molar-refractivity contribution in [3.05, 3.63) is 48.1 Å². The molecule has 2 aromatic heterocycles. The summed E-state index contributed by atoms with van der Waals surface area (Å²) in [6.07, 6.45) is 9.87. The summed E-state index contributed by atoms with van der Waals surface area (Å²) in [4.78, 5) is 15.5. The van der Waals surface area contributed by atoms with Gasteiger partial charge in [0, 0.05) is 37.1 Å². The van der Waals surface area contributed by atoms with Gasteiger partial charge in [0.1, 0.15) is 5.52 Å². The lowest BCUT2D eigenvalue weighted by Gasteiger charge is -2.14. The van der Waals surface area contributed by atoms with Crippen molar-refractivity contribution >= 4 is 29.2 Å². The summed E-state index contributed by atoms with van der Waals surface area (Å²) in [5, 5.41) is 0. The highest BCUT2D eigenvalue weighted by molar-refractivity contribution is 5.75. The molecule has 0 bridgehead atoms. The van der Waals surface area contributed by atoms with Crippen LogP contribution in [0.2, 0.25) is 0 Å². The molecule has 1 aromatic carbocycles. The first-order valence-corrected chi connectivity index (χ1v) is 7.49. The Hall–Kier alpha value is -2.69. The fourth-order valence-electron chi connectivity index (χ4n) is 2.63. The summed E-state index contributed by atoms with van der Waals surface area (Å²) in [6, 6.07) is 7.73. The van der Waals surface area contributed by atoms with E-state index in [1.165, 1.54) is 12.8 Å². The molecule has 0 spiro atoms. The minimum atomic E-state index is 0.588. The fourth-order valence-corrected chi connectivity index (χ4v) is 2.63. The summed E-state index contributed by atoms with van der Waals surface area (Å²) < 4.78 is 5.65. The van der Waals surface area contributed by atoms with Crippen LogP contribution >= 0.6 is 0 Å². The SMILES string of the molecule is C(=C\c1nc2ccccc2o1)/c1cnc(N2CCCC2)nc1. The van der Waals surface area contributed by atoms with Crippen LogP contribution in [0.3, 0.4) is 0 Å². The van der Waals surface area contributed by atoms with Gasteiger partial charge in [-0.25, -0.2) is 15.0 Å². The second-order valence-corrected chi connectivity index (χ2v) is 5.36. The van der Waals surface area contributed by atoms with Gasteiger partial charge in [0.05, 0.1) is 0 Å². The summed E-state index contributed by atoms with van der Waals surface area (Å²) in [5.41, 5.74) is 2.59. The molecule has 5 nitrogen and oxygen atoms in total. The van der Waals surface area contributed by atoms with E-state index in [4.69, 9.17) is 4.42 Å². The molecule has 0 saturated carbocycles. The maximum absolute atomic E-state index is 5.65. The van der Waals surface area contributed by atoms with Gasteiger partial charge in [-0.2, -0.15) is 0 Å². The normalized spacial score (nSPS) is 15.2. The van der Waals surface area contributed by atoms with Crippen LogP contribution in [0.25, 0.3) is 23.3 Å². The lowest BCUT2D eigenvalue weighted by atomic mass is 10.3. The Kier molecular flexibility index (Phi) is 3.31. The summed E-state index contributed by atoms with van der Waals surface area (Å²) in [7, 11) is 0. The number of benzene rings is 1. The number of oxazole rings is 1. The Balaban J connectivity index is 1.52. The van der Waals surface area contributed by atoms with Crippen LogP contribution in [0.15, 0.2) is 41.1 Å². The third-order valence-corrected chi connectivity index (χ3v) is 3.78. The van der Waals surface area contributed by atoms with Crippen LogP contribution in [0.1, 0.15) is 24.3 Å². The first kappa shape index (κ1) is 13.0. The van der Waals surface area contributed by atoms with E-state index < -0.39 is 0 Å². The number of nitrogens with zero attached hydrogens (tertiary/aromatic N) is 4. The molecule has 4 rings (SSSR count). The van der Waals surface area contributed by atoms with Gasteiger partial charge in [-0.3, -0.25) is 0 Å². The number of hydrogen-bond acceptors (Lipinski definition) is 5. The molecule has 0 aliphatic carbocycles. The number of aromatic nitrogens is 3.